The van der Waals surface area contributed by atoms with Gasteiger partial charge in [-0.05, 0) is 42.5 Å². The van der Waals surface area contributed by atoms with E-state index in [9.17, 15) is 0 Å². The van der Waals surface area contributed by atoms with Gasteiger partial charge in [0.2, 0.25) is 0 Å². The highest BCUT2D eigenvalue weighted by atomic mass is 79.9. The molecule has 1 aromatic heterocycles. The number of benzene rings is 2. The van der Waals surface area contributed by atoms with Crippen LogP contribution in [0.2, 0.25) is 15.1 Å². The van der Waals surface area contributed by atoms with Crippen molar-refractivity contribution in [2.45, 2.75) is 0 Å². The fraction of sp³-hybridized carbons (Fsp3) is 0. The second-order valence-corrected chi connectivity index (χ2v) is 6.67. The van der Waals surface area contributed by atoms with E-state index in [4.69, 9.17) is 47.0 Å². The van der Waals surface area contributed by atoms with Crippen LogP contribution < -0.4 is 0 Å². The molecule has 102 valence electrons. The Morgan fingerprint density at radius 3 is 2.45 bits per heavy atom. The van der Waals surface area contributed by atoms with E-state index in [-0.39, 0.29) is 0 Å². The van der Waals surface area contributed by atoms with Crippen LogP contribution in [0.15, 0.2) is 34.8 Å². The summed E-state index contributed by atoms with van der Waals surface area (Å²) in [4.78, 5) is 3.10. The molecule has 3 aromatic rings. The Hall–Kier alpha value is -0.520. The van der Waals surface area contributed by atoms with Gasteiger partial charge in [0, 0.05) is 4.47 Å². The van der Waals surface area contributed by atoms with Crippen LogP contribution in [0.25, 0.3) is 16.7 Å². The van der Waals surface area contributed by atoms with Crippen molar-refractivity contribution in [2.75, 3.05) is 0 Å². The molecule has 2 aromatic carbocycles. The lowest BCUT2D eigenvalue weighted by molar-refractivity contribution is 1.06. The summed E-state index contributed by atoms with van der Waals surface area (Å²) < 4.78 is 3.27. The number of hydrogen-bond donors (Lipinski definition) is 1. The Morgan fingerprint density at radius 1 is 1.00 bits per heavy atom. The van der Waals surface area contributed by atoms with Crippen LogP contribution >= 0.6 is 63.0 Å². The number of hydrogen-bond acceptors (Lipinski definition) is 1. The molecule has 2 nitrogen and oxygen atoms in total. The normalized spacial score (nSPS) is 11.2. The van der Waals surface area contributed by atoms with E-state index in [1.54, 1.807) is 18.2 Å². The molecule has 0 saturated heterocycles. The van der Waals surface area contributed by atoms with Crippen LogP contribution in [0.4, 0.5) is 0 Å². The lowest BCUT2D eigenvalue weighted by atomic mass is 10.3. The third-order valence-electron chi connectivity index (χ3n) is 2.87. The maximum absolute atomic E-state index is 6.27. The predicted octanol–water partition coefficient (Wildman–Crippen LogP) is 6.41. The summed E-state index contributed by atoms with van der Waals surface area (Å²) in [6.07, 6.45) is 0. The van der Waals surface area contributed by atoms with Gasteiger partial charge in [0.05, 0.1) is 31.8 Å². The van der Waals surface area contributed by atoms with E-state index >= 15 is 0 Å². The predicted molar refractivity (Wildman–Crippen MR) is 91.2 cm³/mol. The molecule has 0 aliphatic heterocycles. The standard InChI is InChI=1S/C13H6BrCl3N2S/c14-6-1-2-7(15)11(3-6)19-12-5-9(17)8(16)4-10(12)18-13(19)20/h1-5H,(H,18,20). The molecule has 20 heavy (non-hydrogen) atoms. The van der Waals surface area contributed by atoms with Gasteiger partial charge in [-0.2, -0.15) is 0 Å². The Balaban J connectivity index is 2.42. The molecule has 0 unspecified atom stereocenters. The van der Waals surface area contributed by atoms with E-state index in [1.807, 2.05) is 16.7 Å². The topological polar surface area (TPSA) is 20.7 Å². The Morgan fingerprint density at radius 2 is 1.70 bits per heavy atom. The molecule has 1 heterocycles. The van der Waals surface area contributed by atoms with E-state index in [1.165, 1.54) is 0 Å². The highest BCUT2D eigenvalue weighted by Gasteiger charge is 2.12. The van der Waals surface area contributed by atoms with Gasteiger partial charge >= 0.3 is 0 Å². The number of nitrogens with zero attached hydrogens (tertiary/aromatic N) is 1. The highest BCUT2D eigenvalue weighted by Crippen LogP contribution is 2.32. The molecule has 0 aliphatic rings. The van der Waals surface area contributed by atoms with Gasteiger partial charge in [0.15, 0.2) is 4.77 Å². The van der Waals surface area contributed by atoms with Crippen LogP contribution in [0.1, 0.15) is 0 Å². The third kappa shape index (κ3) is 2.40. The molecule has 0 fully saturated rings. The molecule has 0 amide bonds. The summed E-state index contributed by atoms with van der Waals surface area (Å²) >= 11 is 27.2. The number of fused-ring (bicyclic) bond motifs is 1. The molecular weight excluding hydrogens is 402 g/mol. The first-order valence-corrected chi connectivity index (χ1v) is 7.86. The van der Waals surface area contributed by atoms with E-state index < -0.39 is 0 Å². The Labute approximate surface area is 143 Å². The van der Waals surface area contributed by atoms with Crippen LogP contribution in [0, 0.1) is 4.77 Å². The Kier molecular flexibility index (Phi) is 3.86. The number of nitrogens with one attached hydrogen (secondary N) is 1. The molecule has 0 radical (unpaired) electrons. The van der Waals surface area contributed by atoms with Crippen molar-refractivity contribution in [3.8, 4) is 5.69 Å². The minimum atomic E-state index is 0.466. The Bertz CT molecular complexity index is 885. The zero-order valence-electron chi connectivity index (χ0n) is 9.75. The lowest BCUT2D eigenvalue weighted by Gasteiger charge is -2.08. The number of aromatic amines is 1. The smallest absolute Gasteiger partial charge is 0.182 e. The minimum Gasteiger partial charge on any atom is -0.330 e. The lowest BCUT2D eigenvalue weighted by Crippen LogP contribution is -1.95. The molecule has 0 aliphatic carbocycles. The summed E-state index contributed by atoms with van der Waals surface area (Å²) in [7, 11) is 0. The third-order valence-corrected chi connectivity index (χ3v) is 4.69. The van der Waals surface area contributed by atoms with Gasteiger partial charge in [-0.15, -0.1) is 0 Å². The summed E-state index contributed by atoms with van der Waals surface area (Å²) in [5.74, 6) is 0. The van der Waals surface area contributed by atoms with Gasteiger partial charge in [-0.25, -0.2) is 0 Å². The van der Waals surface area contributed by atoms with Crippen LogP contribution in [0.5, 0.6) is 0 Å². The van der Waals surface area contributed by atoms with Crippen molar-refractivity contribution in [3.05, 3.63) is 54.6 Å². The first-order valence-electron chi connectivity index (χ1n) is 5.52. The second kappa shape index (κ2) is 5.35. The summed E-state index contributed by atoms with van der Waals surface area (Å²) in [5.41, 5.74) is 2.40. The van der Waals surface area contributed by atoms with Crippen LogP contribution in [-0.2, 0) is 0 Å². The minimum absolute atomic E-state index is 0.466. The average molecular weight is 409 g/mol. The van der Waals surface area contributed by atoms with Crippen LogP contribution in [0.3, 0.4) is 0 Å². The average Bonchev–Trinajstić information content (AvgIpc) is 2.69. The van der Waals surface area contributed by atoms with Crippen molar-refractivity contribution in [1.82, 2.24) is 9.55 Å². The number of aromatic nitrogens is 2. The van der Waals surface area contributed by atoms with Crippen LogP contribution in [-0.4, -0.2) is 9.55 Å². The van der Waals surface area contributed by atoms with Gasteiger partial charge in [-0.1, -0.05) is 50.7 Å². The zero-order valence-corrected chi connectivity index (χ0v) is 14.4. The number of H-pyrrole nitrogens is 1. The number of rotatable bonds is 1. The maximum Gasteiger partial charge on any atom is 0.182 e. The monoisotopic (exact) mass is 406 g/mol. The first-order chi connectivity index (χ1) is 9.47. The van der Waals surface area contributed by atoms with Gasteiger partial charge in [0.1, 0.15) is 0 Å². The second-order valence-electron chi connectivity index (χ2n) is 4.14. The van der Waals surface area contributed by atoms with Crippen molar-refractivity contribution in [1.29, 1.82) is 0 Å². The SMILES string of the molecule is S=c1[nH]c2cc(Cl)c(Cl)cc2n1-c1cc(Br)ccc1Cl. The zero-order chi connectivity index (χ0) is 14.4. The van der Waals surface area contributed by atoms with Crippen molar-refractivity contribution in [2.24, 2.45) is 0 Å². The molecule has 0 spiro atoms. The fourth-order valence-corrected chi connectivity index (χ4v) is 3.18. The quantitative estimate of drug-likeness (QED) is 0.461. The maximum atomic E-state index is 6.27. The molecule has 7 heteroatoms. The van der Waals surface area contributed by atoms with E-state index in [0.29, 0.717) is 19.8 Å². The molecule has 0 atom stereocenters. The number of imidazole rings is 1. The molecule has 1 N–H and O–H groups in total. The molecular formula is C13H6BrCl3N2S. The van der Waals surface area contributed by atoms with Gasteiger partial charge in [-0.3, -0.25) is 4.57 Å². The van der Waals surface area contributed by atoms with Gasteiger partial charge in [0.25, 0.3) is 0 Å². The molecule has 3 rings (SSSR count). The van der Waals surface area contributed by atoms with Crippen molar-refractivity contribution >= 4 is 74.0 Å². The summed E-state index contributed by atoms with van der Waals surface area (Å²) in [5, 5.41) is 1.53. The van der Waals surface area contributed by atoms with Crippen molar-refractivity contribution in [3.63, 3.8) is 0 Å². The van der Waals surface area contributed by atoms with E-state index in [0.717, 1.165) is 21.2 Å². The molecule has 0 bridgehead atoms. The first kappa shape index (κ1) is 14.4. The van der Waals surface area contributed by atoms with E-state index in [2.05, 4.69) is 20.9 Å². The largest absolute Gasteiger partial charge is 0.330 e. The van der Waals surface area contributed by atoms with Gasteiger partial charge < -0.3 is 4.98 Å². The summed E-state index contributed by atoms with van der Waals surface area (Å²) in [6, 6.07) is 9.08. The van der Waals surface area contributed by atoms with Crippen molar-refractivity contribution < 1.29 is 0 Å². The molecule has 0 saturated carbocycles. The highest BCUT2D eigenvalue weighted by molar-refractivity contribution is 9.10. The fourth-order valence-electron chi connectivity index (χ4n) is 2.00. The summed E-state index contributed by atoms with van der Waals surface area (Å²) in [6.45, 7) is 0. The number of halogens is 4.